The molecule has 6 heteroatoms. The molecule has 108 valence electrons. The van der Waals surface area contributed by atoms with Crippen LogP contribution in [-0.4, -0.2) is 22.0 Å². The van der Waals surface area contributed by atoms with Crippen molar-refractivity contribution < 1.29 is 14.8 Å². The Balaban J connectivity index is 2.34. The Hall–Kier alpha value is -2.11. The second-order valence-electron chi connectivity index (χ2n) is 6.01. The first-order valence-electron chi connectivity index (χ1n) is 6.57. The molecule has 1 aliphatic rings. The van der Waals surface area contributed by atoms with E-state index in [1.807, 2.05) is 0 Å². The largest absolute Gasteiger partial charge is 0.478 e. The molecule has 1 fully saturated rings. The number of nitrogens with zero attached hydrogens (tertiary/aromatic N) is 1. The lowest BCUT2D eigenvalue weighted by molar-refractivity contribution is -0.384. The van der Waals surface area contributed by atoms with E-state index >= 15 is 0 Å². The molecule has 2 N–H and O–H groups in total. The molecule has 6 nitrogen and oxygen atoms in total. The number of carboxylic acids is 1. The van der Waals surface area contributed by atoms with Crippen molar-refractivity contribution in [2.24, 2.45) is 5.41 Å². The van der Waals surface area contributed by atoms with E-state index in [9.17, 15) is 20.0 Å². The SMILES string of the molecule is CC1(C)CCC(Nc2c(C(=O)O)cccc2[N+](=O)[O-])C1. The predicted molar refractivity (Wildman–Crippen MR) is 75.1 cm³/mol. The summed E-state index contributed by atoms with van der Waals surface area (Å²) in [6.45, 7) is 4.29. The number of carboxylic acid groups (broad SMARTS) is 1. The van der Waals surface area contributed by atoms with Gasteiger partial charge in [0, 0.05) is 12.1 Å². The van der Waals surface area contributed by atoms with Crippen molar-refractivity contribution in [2.75, 3.05) is 5.32 Å². The van der Waals surface area contributed by atoms with Gasteiger partial charge in [-0.25, -0.2) is 4.79 Å². The van der Waals surface area contributed by atoms with E-state index in [1.54, 1.807) is 0 Å². The predicted octanol–water partition coefficient (Wildman–Crippen LogP) is 3.28. The Bertz CT molecular complexity index is 522. The molecule has 0 radical (unpaired) electrons. The average molecular weight is 278 g/mol. The third-order valence-corrected chi connectivity index (χ3v) is 3.79. The van der Waals surface area contributed by atoms with Crippen molar-refractivity contribution in [3.63, 3.8) is 0 Å². The minimum Gasteiger partial charge on any atom is -0.478 e. The molecular formula is C14H18N2O4. The van der Waals surface area contributed by atoms with Gasteiger partial charge in [-0.05, 0) is 30.7 Å². The third-order valence-electron chi connectivity index (χ3n) is 3.79. The van der Waals surface area contributed by atoms with Crippen LogP contribution in [-0.2, 0) is 0 Å². The van der Waals surface area contributed by atoms with E-state index < -0.39 is 10.9 Å². The quantitative estimate of drug-likeness (QED) is 0.651. The summed E-state index contributed by atoms with van der Waals surface area (Å²) in [5.74, 6) is -1.16. The number of rotatable bonds is 4. The van der Waals surface area contributed by atoms with Gasteiger partial charge in [-0.15, -0.1) is 0 Å². The smallest absolute Gasteiger partial charge is 0.338 e. The Morgan fingerprint density at radius 1 is 1.50 bits per heavy atom. The molecule has 1 unspecified atom stereocenters. The Morgan fingerprint density at radius 2 is 2.20 bits per heavy atom. The van der Waals surface area contributed by atoms with Crippen molar-refractivity contribution in [3.8, 4) is 0 Å². The minimum atomic E-state index is -1.16. The van der Waals surface area contributed by atoms with Crippen LogP contribution in [0.25, 0.3) is 0 Å². The monoisotopic (exact) mass is 278 g/mol. The first-order valence-corrected chi connectivity index (χ1v) is 6.57. The van der Waals surface area contributed by atoms with E-state index in [0.29, 0.717) is 0 Å². The van der Waals surface area contributed by atoms with Gasteiger partial charge in [0.1, 0.15) is 5.69 Å². The van der Waals surface area contributed by atoms with Crippen molar-refractivity contribution in [1.82, 2.24) is 0 Å². The summed E-state index contributed by atoms with van der Waals surface area (Å²) in [5.41, 5.74) is 0.0659. The normalized spacial score (nSPS) is 20.6. The van der Waals surface area contributed by atoms with Gasteiger partial charge in [-0.3, -0.25) is 10.1 Å². The zero-order chi connectivity index (χ0) is 14.9. The lowest BCUT2D eigenvalue weighted by atomic mass is 9.92. The molecule has 0 bridgehead atoms. The van der Waals surface area contributed by atoms with Gasteiger partial charge in [0.15, 0.2) is 0 Å². The first-order chi connectivity index (χ1) is 9.30. The maximum absolute atomic E-state index is 11.2. The van der Waals surface area contributed by atoms with Gasteiger partial charge in [0.2, 0.25) is 0 Å². The molecule has 0 heterocycles. The summed E-state index contributed by atoms with van der Waals surface area (Å²) in [4.78, 5) is 21.8. The van der Waals surface area contributed by atoms with Gasteiger partial charge < -0.3 is 10.4 Å². The Kier molecular flexibility index (Phi) is 3.65. The molecule has 0 spiro atoms. The molecule has 2 rings (SSSR count). The number of para-hydroxylation sites is 1. The Labute approximate surface area is 117 Å². The highest BCUT2D eigenvalue weighted by Crippen LogP contribution is 2.40. The van der Waals surface area contributed by atoms with E-state index in [0.717, 1.165) is 19.3 Å². The summed E-state index contributed by atoms with van der Waals surface area (Å²) in [6, 6.07) is 4.18. The molecule has 0 aromatic heterocycles. The molecule has 1 aromatic carbocycles. The minimum absolute atomic E-state index is 0.0519. The summed E-state index contributed by atoms with van der Waals surface area (Å²) in [6.07, 6.45) is 2.78. The van der Waals surface area contributed by atoms with Crippen LogP contribution in [0.1, 0.15) is 43.5 Å². The second-order valence-corrected chi connectivity index (χ2v) is 6.01. The van der Waals surface area contributed by atoms with Crippen LogP contribution in [0.15, 0.2) is 18.2 Å². The molecule has 1 saturated carbocycles. The van der Waals surface area contributed by atoms with Crippen LogP contribution < -0.4 is 5.32 Å². The van der Waals surface area contributed by atoms with Crippen LogP contribution in [0, 0.1) is 15.5 Å². The standard InChI is InChI=1S/C14H18N2O4/c1-14(2)7-6-9(8-14)15-12-10(13(17)18)4-3-5-11(12)16(19)20/h3-5,9,15H,6-8H2,1-2H3,(H,17,18). The molecule has 0 aliphatic heterocycles. The number of aromatic carboxylic acids is 1. The highest BCUT2D eigenvalue weighted by atomic mass is 16.6. The number of benzene rings is 1. The molecular weight excluding hydrogens is 260 g/mol. The first kappa shape index (κ1) is 14.3. The van der Waals surface area contributed by atoms with Crippen LogP contribution in [0.2, 0.25) is 0 Å². The molecule has 20 heavy (non-hydrogen) atoms. The fourth-order valence-corrected chi connectivity index (χ4v) is 2.79. The van der Waals surface area contributed by atoms with Gasteiger partial charge in [-0.2, -0.15) is 0 Å². The fraction of sp³-hybridized carbons (Fsp3) is 0.500. The van der Waals surface area contributed by atoms with Crippen LogP contribution >= 0.6 is 0 Å². The van der Waals surface area contributed by atoms with Gasteiger partial charge in [-0.1, -0.05) is 19.9 Å². The maximum Gasteiger partial charge on any atom is 0.338 e. The van der Waals surface area contributed by atoms with Gasteiger partial charge >= 0.3 is 5.97 Å². The van der Waals surface area contributed by atoms with Crippen molar-refractivity contribution in [2.45, 2.75) is 39.2 Å². The average Bonchev–Trinajstić information content (AvgIpc) is 2.68. The number of hydrogen-bond acceptors (Lipinski definition) is 4. The lowest BCUT2D eigenvalue weighted by Gasteiger charge is -2.19. The van der Waals surface area contributed by atoms with Crippen molar-refractivity contribution in [3.05, 3.63) is 33.9 Å². The second kappa shape index (κ2) is 5.11. The molecule has 0 saturated heterocycles. The Morgan fingerprint density at radius 3 is 2.70 bits per heavy atom. The molecule has 1 aromatic rings. The number of nitro groups is 1. The van der Waals surface area contributed by atoms with E-state index in [1.165, 1.54) is 18.2 Å². The summed E-state index contributed by atoms with van der Waals surface area (Å²) >= 11 is 0. The lowest BCUT2D eigenvalue weighted by Crippen LogP contribution is -2.20. The zero-order valence-electron chi connectivity index (χ0n) is 11.5. The number of nitrogens with one attached hydrogen (secondary N) is 1. The summed E-state index contributed by atoms with van der Waals surface area (Å²) in [7, 11) is 0. The number of hydrogen-bond donors (Lipinski definition) is 2. The topological polar surface area (TPSA) is 92.5 Å². The van der Waals surface area contributed by atoms with E-state index in [4.69, 9.17) is 0 Å². The van der Waals surface area contributed by atoms with E-state index in [2.05, 4.69) is 19.2 Å². The maximum atomic E-state index is 11.2. The molecule has 1 aliphatic carbocycles. The summed E-state index contributed by atoms with van der Waals surface area (Å²) in [5, 5.41) is 23.3. The number of anilines is 1. The molecule has 1 atom stereocenters. The highest BCUT2D eigenvalue weighted by Gasteiger charge is 2.33. The van der Waals surface area contributed by atoms with Crippen molar-refractivity contribution >= 4 is 17.3 Å². The number of carbonyl (C=O) groups is 1. The zero-order valence-corrected chi connectivity index (χ0v) is 11.5. The number of nitro benzene ring substituents is 1. The van der Waals surface area contributed by atoms with Gasteiger partial charge in [0.05, 0.1) is 10.5 Å². The third kappa shape index (κ3) is 2.89. The van der Waals surface area contributed by atoms with Crippen molar-refractivity contribution in [1.29, 1.82) is 0 Å². The van der Waals surface area contributed by atoms with Crippen LogP contribution in [0.4, 0.5) is 11.4 Å². The van der Waals surface area contributed by atoms with E-state index in [-0.39, 0.29) is 28.4 Å². The fourth-order valence-electron chi connectivity index (χ4n) is 2.79. The summed E-state index contributed by atoms with van der Waals surface area (Å²) < 4.78 is 0. The molecule has 0 amide bonds. The van der Waals surface area contributed by atoms with Crippen LogP contribution in [0.3, 0.4) is 0 Å². The highest BCUT2D eigenvalue weighted by molar-refractivity contribution is 5.96. The van der Waals surface area contributed by atoms with Gasteiger partial charge in [0.25, 0.3) is 5.69 Å². The van der Waals surface area contributed by atoms with Crippen LogP contribution in [0.5, 0.6) is 0 Å².